The smallest absolute Gasteiger partial charge is 0.410 e. The lowest BCUT2D eigenvalue weighted by molar-refractivity contribution is -0.284. The fourth-order valence-corrected chi connectivity index (χ4v) is 8.87. The Morgan fingerprint density at radius 3 is 2.38 bits per heavy atom. The summed E-state index contributed by atoms with van der Waals surface area (Å²) in [7, 11) is -1.55. The summed E-state index contributed by atoms with van der Waals surface area (Å²) in [6, 6.07) is 5.32. The van der Waals surface area contributed by atoms with E-state index in [2.05, 4.69) is 5.32 Å². The van der Waals surface area contributed by atoms with Crippen LogP contribution in [0.15, 0.2) is 18.2 Å². The van der Waals surface area contributed by atoms with Crippen molar-refractivity contribution >= 4 is 22.7 Å². The number of carbonyl (C=O) groups excluding carboxylic acids is 2. The molecule has 0 saturated heterocycles. The third-order valence-electron chi connectivity index (χ3n) is 10.3. The summed E-state index contributed by atoms with van der Waals surface area (Å²) in [6.07, 6.45) is -3.95. The number of halogens is 5. The van der Waals surface area contributed by atoms with Crippen molar-refractivity contribution in [2.24, 2.45) is 23.2 Å². The highest BCUT2D eigenvalue weighted by Gasteiger charge is 2.57. The number of hydrogen-bond donors (Lipinski definition) is 4. The molecule has 4 rings (SSSR count). The monoisotopic (exact) mass is 667 g/mol. The second-order valence-electron chi connectivity index (χ2n) is 13.1. The third kappa shape index (κ3) is 7.54. The zero-order valence-electron chi connectivity index (χ0n) is 25.2. The molecule has 254 valence electrons. The van der Waals surface area contributed by atoms with Crippen molar-refractivity contribution in [3.05, 3.63) is 29.3 Å². The number of benzene rings is 1. The van der Waals surface area contributed by atoms with Gasteiger partial charge >= 0.3 is 18.2 Å². The van der Waals surface area contributed by atoms with Crippen LogP contribution in [0.2, 0.25) is 0 Å². The summed E-state index contributed by atoms with van der Waals surface area (Å²) < 4.78 is 81.7. The third-order valence-corrected chi connectivity index (χ3v) is 11.8. The van der Waals surface area contributed by atoms with E-state index in [-0.39, 0.29) is 46.7 Å². The highest BCUT2D eigenvalue weighted by molar-refractivity contribution is 7.84. The Bertz CT molecular complexity index is 1250. The minimum absolute atomic E-state index is 0.0829. The Morgan fingerprint density at radius 1 is 1.07 bits per heavy atom. The first-order valence-electron chi connectivity index (χ1n) is 15.4. The second kappa shape index (κ2) is 13.9. The molecule has 45 heavy (non-hydrogen) atoms. The molecule has 0 heterocycles. The van der Waals surface area contributed by atoms with Crippen molar-refractivity contribution in [2.45, 2.75) is 88.3 Å². The number of amides is 1. The summed E-state index contributed by atoms with van der Waals surface area (Å²) in [4.78, 5) is 25.5. The Morgan fingerprint density at radius 2 is 1.73 bits per heavy atom. The number of alkyl halides is 5. The van der Waals surface area contributed by atoms with Gasteiger partial charge in [-0.1, -0.05) is 13.0 Å². The number of aliphatic hydroxyl groups excluding tert-OH is 3. The number of hydrogen-bond acceptors (Lipinski definition) is 7. The summed E-state index contributed by atoms with van der Waals surface area (Å²) in [6.45, 7) is -0.0886. The Labute approximate surface area is 261 Å². The molecule has 3 aliphatic carbocycles. The topological polar surface area (TPSA) is 133 Å². The molecular formula is C31H42F5NO7S. The highest BCUT2D eigenvalue weighted by Crippen LogP contribution is 2.61. The zero-order valence-corrected chi connectivity index (χ0v) is 26.0. The van der Waals surface area contributed by atoms with Crippen LogP contribution < -0.4 is 10.1 Å². The number of ether oxygens (including phenoxy) is 1. The molecule has 1 aromatic carbocycles. The molecule has 0 spiro atoms. The number of nitrogens with one attached hydrogen (secondary N) is 1. The molecule has 0 bridgehead atoms. The number of ketones is 1. The first-order chi connectivity index (χ1) is 21.1. The Hall–Kier alpha value is -2.16. The van der Waals surface area contributed by atoms with Crippen molar-refractivity contribution in [1.82, 2.24) is 5.32 Å². The number of rotatable bonds is 13. The second-order valence-corrected chi connectivity index (χ2v) is 14.8. The average molecular weight is 668 g/mol. The lowest BCUT2D eigenvalue weighted by Gasteiger charge is -2.51. The van der Waals surface area contributed by atoms with Crippen molar-refractivity contribution in [1.29, 1.82) is 0 Å². The van der Waals surface area contributed by atoms with Crippen LogP contribution in [0.5, 0.6) is 5.75 Å². The van der Waals surface area contributed by atoms with E-state index >= 15 is 0 Å². The largest absolute Gasteiger partial charge is 0.453 e. The van der Waals surface area contributed by atoms with E-state index in [0.717, 1.165) is 30.4 Å². The molecule has 1 aromatic rings. The summed E-state index contributed by atoms with van der Waals surface area (Å²) in [5, 5.41) is 30.8. The minimum Gasteiger partial charge on any atom is -0.410 e. The van der Waals surface area contributed by atoms with E-state index in [9.17, 15) is 51.1 Å². The minimum atomic E-state index is -5.63. The maximum absolute atomic E-state index is 13.2. The lowest BCUT2D eigenvalue weighted by atomic mass is 9.52. The number of carbonyl (C=O) groups is 2. The van der Waals surface area contributed by atoms with Crippen LogP contribution in [0.3, 0.4) is 0 Å². The maximum Gasteiger partial charge on any atom is 0.453 e. The average Bonchev–Trinajstić information content (AvgIpc) is 3.28. The van der Waals surface area contributed by atoms with Gasteiger partial charge in [0, 0.05) is 40.6 Å². The number of fused-ring (bicyclic) bond motifs is 5. The van der Waals surface area contributed by atoms with Crippen LogP contribution in [-0.2, 0) is 22.0 Å². The molecule has 2 fully saturated rings. The molecule has 14 heteroatoms. The van der Waals surface area contributed by atoms with Crippen molar-refractivity contribution in [3.8, 4) is 5.75 Å². The molecular weight excluding hydrogens is 625 g/mol. The van der Waals surface area contributed by atoms with Gasteiger partial charge in [0.2, 0.25) is 0 Å². The van der Waals surface area contributed by atoms with Gasteiger partial charge in [-0.05, 0) is 91.9 Å². The normalized spacial score (nSPS) is 27.4. The van der Waals surface area contributed by atoms with E-state index in [4.69, 9.17) is 4.74 Å². The van der Waals surface area contributed by atoms with E-state index in [1.807, 2.05) is 13.0 Å². The van der Waals surface area contributed by atoms with Gasteiger partial charge in [0.05, 0.1) is 19.8 Å². The van der Waals surface area contributed by atoms with Crippen LogP contribution in [-0.4, -0.2) is 80.4 Å². The van der Waals surface area contributed by atoms with Crippen LogP contribution in [0.1, 0.15) is 75.3 Å². The van der Waals surface area contributed by atoms with Gasteiger partial charge in [0.1, 0.15) is 17.1 Å². The zero-order chi connectivity index (χ0) is 33.2. The van der Waals surface area contributed by atoms with Gasteiger partial charge in [-0.3, -0.25) is 9.00 Å². The molecule has 6 atom stereocenters. The first-order valence-corrected chi connectivity index (χ1v) is 16.9. The molecule has 1 amide bonds. The lowest BCUT2D eigenvalue weighted by Crippen LogP contribution is -2.57. The van der Waals surface area contributed by atoms with Gasteiger partial charge in [-0.2, -0.15) is 22.0 Å². The Kier molecular flexibility index (Phi) is 11.0. The molecule has 8 nitrogen and oxygen atoms in total. The molecule has 1 unspecified atom stereocenters. The number of aliphatic hydroxyl groups is 3. The predicted molar refractivity (Wildman–Crippen MR) is 155 cm³/mol. The van der Waals surface area contributed by atoms with Crippen LogP contribution in [0.25, 0.3) is 0 Å². The quantitative estimate of drug-likeness (QED) is 0.225. The van der Waals surface area contributed by atoms with Gasteiger partial charge < -0.3 is 25.4 Å². The summed E-state index contributed by atoms with van der Waals surface area (Å²) in [5.74, 6) is -3.81. The molecule has 3 aliphatic rings. The molecule has 4 N–H and O–H groups in total. The molecule has 0 aliphatic heterocycles. The summed E-state index contributed by atoms with van der Waals surface area (Å²) in [5.41, 5.74) is -0.0118. The van der Waals surface area contributed by atoms with E-state index in [0.29, 0.717) is 25.7 Å². The molecule has 0 aromatic heterocycles. The maximum atomic E-state index is 13.2. The van der Waals surface area contributed by atoms with Gasteiger partial charge in [-0.25, -0.2) is 4.79 Å². The summed E-state index contributed by atoms with van der Waals surface area (Å²) >= 11 is 0. The fourth-order valence-electron chi connectivity index (χ4n) is 7.71. The SMILES string of the molecule is C[C@]12CC[C@@H]3c4ccc(OC(=O)NC(CO)(CO)CO)cc4C[C@@H](CCCS(=O)CCCC(F)(F)C(F)(F)F)[C@H]3[C@@H]1CCC2=O. The van der Waals surface area contributed by atoms with Gasteiger partial charge in [-0.15, -0.1) is 0 Å². The Balaban J connectivity index is 1.46. The van der Waals surface area contributed by atoms with Gasteiger partial charge in [0.25, 0.3) is 0 Å². The molecule has 2 saturated carbocycles. The molecule has 0 radical (unpaired) electrons. The highest BCUT2D eigenvalue weighted by atomic mass is 32.2. The van der Waals surface area contributed by atoms with E-state index in [1.165, 1.54) is 0 Å². The van der Waals surface area contributed by atoms with E-state index in [1.54, 1.807) is 12.1 Å². The van der Waals surface area contributed by atoms with Crippen molar-refractivity contribution < 1.29 is 55.8 Å². The standard InChI is InChI=1S/C31H42F5NO7S/c1-28-11-9-23-22-6-5-21(44-27(42)37-29(16-38,17-39)18-40)15-20(22)14-19(26(23)24(28)7-8-25(28)41)4-2-12-45(43)13-3-10-30(32,33)31(34,35)36/h5-6,15,19,23-24,26,38-40H,2-4,7-14,16-18H2,1H3,(H,37,42)/t19-,23-,24+,26-,28+,45?/m1/s1. The fraction of sp³-hybridized carbons (Fsp3) is 0.742. The predicted octanol–water partition coefficient (Wildman–Crippen LogP) is 4.65. The van der Waals surface area contributed by atoms with Crippen LogP contribution in [0.4, 0.5) is 26.7 Å². The number of Topliss-reactive ketones (excluding diaryl/α,β-unsaturated/α-hetero) is 1. The van der Waals surface area contributed by atoms with Crippen molar-refractivity contribution in [2.75, 3.05) is 31.3 Å². The van der Waals surface area contributed by atoms with Crippen LogP contribution in [0, 0.1) is 23.2 Å². The van der Waals surface area contributed by atoms with Gasteiger partial charge in [0.15, 0.2) is 0 Å². The van der Waals surface area contributed by atoms with Crippen LogP contribution >= 0.6 is 0 Å². The first kappa shape index (κ1) is 35.7. The van der Waals surface area contributed by atoms with Crippen molar-refractivity contribution in [3.63, 3.8) is 0 Å². The van der Waals surface area contributed by atoms with E-state index < -0.39 is 72.6 Å².